The van der Waals surface area contributed by atoms with E-state index in [0.717, 1.165) is 0 Å². The van der Waals surface area contributed by atoms with E-state index in [9.17, 15) is 19.2 Å². The van der Waals surface area contributed by atoms with E-state index in [2.05, 4.69) is 20.0 Å². The third-order valence-corrected chi connectivity index (χ3v) is 6.23. The Morgan fingerprint density at radius 3 is 0.756 bits per heavy atom. The first kappa shape index (κ1) is 31.5. The Bertz CT molecular complexity index is 1480. The predicted molar refractivity (Wildman–Crippen MR) is 161 cm³/mol. The predicted octanol–water partition coefficient (Wildman–Crippen LogP) is 6.16. The van der Waals surface area contributed by atoms with Crippen LogP contribution in [-0.4, -0.2) is 50.7 Å². The van der Waals surface area contributed by atoms with Crippen LogP contribution in [0.1, 0.15) is 0 Å². The van der Waals surface area contributed by atoms with Crippen LogP contribution < -0.4 is 18.9 Å². The third-order valence-electron chi connectivity index (χ3n) is 6.23. The molecule has 4 aromatic rings. The lowest BCUT2D eigenvalue weighted by molar-refractivity contribution is -0.00350. The number of aliphatic imine (C=N–C) groups is 4. The Morgan fingerprint density at radius 1 is 0.378 bits per heavy atom. The number of ether oxygens (including phenoxy) is 4. The Kier molecular flexibility index (Phi) is 11.4. The molecule has 0 saturated carbocycles. The molecule has 12 heteroatoms. The Morgan fingerprint density at radius 2 is 0.578 bits per heavy atom. The molecular weight excluding hydrogens is 580 g/mol. The third kappa shape index (κ3) is 9.84. The van der Waals surface area contributed by atoms with Crippen molar-refractivity contribution < 1.29 is 38.1 Å². The summed E-state index contributed by atoms with van der Waals surface area (Å²) in [6.45, 7) is 0.214. The first-order valence-corrected chi connectivity index (χ1v) is 13.3. The topological polar surface area (TPSA) is 155 Å². The Balaban J connectivity index is 1.62. The van der Waals surface area contributed by atoms with E-state index in [0.29, 0.717) is 45.7 Å². The number of hydrogen-bond donors (Lipinski definition) is 0. The normalized spacial score (nSPS) is 11.2. The van der Waals surface area contributed by atoms with Crippen LogP contribution in [0.4, 0.5) is 22.7 Å². The van der Waals surface area contributed by atoms with Gasteiger partial charge in [0.05, 0.1) is 22.7 Å². The number of rotatable bonds is 16. The van der Waals surface area contributed by atoms with Crippen molar-refractivity contribution in [1.82, 2.24) is 0 Å². The van der Waals surface area contributed by atoms with Gasteiger partial charge >= 0.3 is 0 Å². The van der Waals surface area contributed by atoms with Crippen molar-refractivity contribution in [3.63, 3.8) is 0 Å². The number of carbonyl (C=O) groups excluding carboxylic acids is 4. The molecule has 0 atom stereocenters. The van der Waals surface area contributed by atoms with E-state index in [-0.39, 0.29) is 26.4 Å². The summed E-state index contributed by atoms with van der Waals surface area (Å²) in [5.41, 5.74) is 0.742. The summed E-state index contributed by atoms with van der Waals surface area (Å²) in [7, 11) is 0. The quantitative estimate of drug-likeness (QED) is 0.109. The molecule has 0 N–H and O–H groups in total. The van der Waals surface area contributed by atoms with Crippen molar-refractivity contribution >= 4 is 47.1 Å². The lowest BCUT2D eigenvalue weighted by Crippen LogP contribution is -2.45. The van der Waals surface area contributed by atoms with E-state index in [1.54, 1.807) is 97.1 Å². The van der Waals surface area contributed by atoms with Crippen molar-refractivity contribution in [3.8, 4) is 23.0 Å². The lowest BCUT2D eigenvalue weighted by Gasteiger charge is -2.33. The van der Waals surface area contributed by atoms with Crippen LogP contribution in [0, 0.1) is 5.41 Å². The average Bonchev–Trinajstić information content (AvgIpc) is 3.07. The second-order valence-corrected chi connectivity index (χ2v) is 9.44. The molecule has 0 aliphatic heterocycles. The molecule has 224 valence electrons. The number of nitrogens with zero attached hydrogens (tertiary/aromatic N) is 4. The summed E-state index contributed by atoms with van der Waals surface area (Å²) in [4.78, 5) is 56.8. The molecule has 12 nitrogen and oxygen atoms in total. The molecular formula is C33H24N4O8. The summed E-state index contributed by atoms with van der Waals surface area (Å²) in [6.07, 6.45) is 5.99. The van der Waals surface area contributed by atoms with E-state index < -0.39 is 5.41 Å². The van der Waals surface area contributed by atoms with Crippen LogP contribution in [0.2, 0.25) is 0 Å². The van der Waals surface area contributed by atoms with E-state index >= 15 is 0 Å². The second-order valence-electron chi connectivity index (χ2n) is 9.44. The molecule has 0 unspecified atom stereocenters. The second kappa shape index (κ2) is 16.3. The molecule has 0 radical (unpaired) electrons. The zero-order valence-corrected chi connectivity index (χ0v) is 23.6. The average molecular weight is 605 g/mol. The molecule has 0 aliphatic carbocycles. The molecule has 0 fully saturated rings. The summed E-state index contributed by atoms with van der Waals surface area (Å²) >= 11 is 0. The maximum Gasteiger partial charge on any atom is 0.240 e. The zero-order valence-electron chi connectivity index (χ0n) is 23.6. The van der Waals surface area contributed by atoms with Gasteiger partial charge in [0, 0.05) is 0 Å². The smallest absolute Gasteiger partial charge is 0.240 e. The summed E-state index contributed by atoms with van der Waals surface area (Å²) in [5, 5.41) is 0. The highest BCUT2D eigenvalue weighted by atomic mass is 16.5. The minimum Gasteiger partial charge on any atom is -0.493 e. The van der Waals surface area contributed by atoms with Crippen LogP contribution >= 0.6 is 0 Å². The molecule has 0 amide bonds. The fraction of sp³-hybridized carbons (Fsp3) is 0.152. The lowest BCUT2D eigenvalue weighted by atomic mass is 9.92. The van der Waals surface area contributed by atoms with E-state index in [4.69, 9.17) is 18.9 Å². The van der Waals surface area contributed by atoms with Gasteiger partial charge in [0.25, 0.3) is 0 Å². The van der Waals surface area contributed by atoms with Gasteiger partial charge in [0.15, 0.2) is 0 Å². The largest absolute Gasteiger partial charge is 0.493 e. The van der Waals surface area contributed by atoms with Crippen LogP contribution in [0.5, 0.6) is 23.0 Å². The molecule has 4 rings (SSSR count). The SMILES string of the molecule is O=C=Nc1ccc(OCC(COc2ccc(N=C=O)cc2)(COc2ccc(N=C=O)cc2)COc2ccc(N=C=O)cc2)cc1. The molecule has 4 aromatic carbocycles. The van der Waals surface area contributed by atoms with E-state index in [1.807, 2.05) is 0 Å². The summed E-state index contributed by atoms with van der Waals surface area (Å²) < 4.78 is 24.7. The van der Waals surface area contributed by atoms with Crippen LogP contribution in [0.15, 0.2) is 117 Å². The van der Waals surface area contributed by atoms with Crippen LogP contribution in [-0.2, 0) is 19.2 Å². The van der Waals surface area contributed by atoms with Crippen LogP contribution in [0.3, 0.4) is 0 Å². The highest BCUT2D eigenvalue weighted by molar-refractivity contribution is 5.52. The van der Waals surface area contributed by atoms with Gasteiger partial charge in [0.1, 0.15) is 54.8 Å². The first-order chi connectivity index (χ1) is 22.0. The first-order valence-electron chi connectivity index (χ1n) is 13.3. The van der Waals surface area contributed by atoms with Gasteiger partial charge in [-0.1, -0.05) is 0 Å². The van der Waals surface area contributed by atoms with Crippen molar-refractivity contribution in [1.29, 1.82) is 0 Å². The van der Waals surface area contributed by atoms with Gasteiger partial charge < -0.3 is 18.9 Å². The standard InChI is InChI=1S/C33H24N4O8/c38-21-34-25-1-9-29(10-2-25)42-17-33(18-43-30-11-3-26(4-12-30)35-22-39,19-44-31-13-5-27(6-14-31)36-23-40)20-45-32-15-7-28(8-16-32)37-24-41/h1-16H,17-20H2. The highest BCUT2D eigenvalue weighted by Crippen LogP contribution is 2.29. The fourth-order valence-corrected chi connectivity index (χ4v) is 3.87. The zero-order chi connectivity index (χ0) is 31.7. The van der Waals surface area contributed by atoms with Crippen LogP contribution in [0.25, 0.3) is 0 Å². The fourth-order valence-electron chi connectivity index (χ4n) is 3.87. The van der Waals surface area contributed by atoms with Gasteiger partial charge in [0.2, 0.25) is 24.3 Å². The van der Waals surface area contributed by atoms with Crippen molar-refractivity contribution in [2.75, 3.05) is 26.4 Å². The summed E-state index contributed by atoms with van der Waals surface area (Å²) in [5.74, 6) is 1.97. The van der Waals surface area contributed by atoms with E-state index in [1.165, 1.54) is 24.3 Å². The molecule has 0 aromatic heterocycles. The highest BCUT2D eigenvalue weighted by Gasteiger charge is 2.36. The minimum absolute atomic E-state index is 0.0534. The molecule has 0 bridgehead atoms. The maximum atomic E-state index is 10.6. The van der Waals surface area contributed by atoms with Gasteiger partial charge in [-0.2, -0.15) is 20.0 Å². The number of benzene rings is 4. The van der Waals surface area contributed by atoms with Gasteiger partial charge in [-0.25, -0.2) is 19.2 Å². The number of isocyanates is 4. The van der Waals surface area contributed by atoms with Gasteiger partial charge in [-0.3, -0.25) is 0 Å². The Hall–Kier alpha value is -6.40. The molecule has 0 spiro atoms. The molecule has 0 saturated heterocycles. The molecule has 0 aliphatic rings. The number of hydrogen-bond acceptors (Lipinski definition) is 12. The summed E-state index contributed by atoms with van der Waals surface area (Å²) in [6, 6.07) is 26.2. The maximum absolute atomic E-state index is 10.6. The minimum atomic E-state index is -0.946. The molecule has 45 heavy (non-hydrogen) atoms. The van der Waals surface area contributed by atoms with Gasteiger partial charge in [-0.05, 0) is 97.1 Å². The van der Waals surface area contributed by atoms with Crippen molar-refractivity contribution in [2.24, 2.45) is 25.4 Å². The monoisotopic (exact) mass is 604 g/mol. The van der Waals surface area contributed by atoms with Gasteiger partial charge in [-0.15, -0.1) is 0 Å². The Labute approximate surface area is 257 Å². The molecule has 0 heterocycles. The van der Waals surface area contributed by atoms with Crippen molar-refractivity contribution in [3.05, 3.63) is 97.1 Å². The van der Waals surface area contributed by atoms with Crippen molar-refractivity contribution in [2.45, 2.75) is 0 Å².